The molecule has 3 amide bonds. The summed E-state index contributed by atoms with van der Waals surface area (Å²) in [7, 11) is 0. The molecule has 0 aliphatic carbocycles. The molecule has 0 spiro atoms. The zero-order valence-electron chi connectivity index (χ0n) is 15.0. The van der Waals surface area contributed by atoms with Crippen LogP contribution in [0.1, 0.15) is 63.2 Å². The molecule has 1 aliphatic heterocycles. The summed E-state index contributed by atoms with van der Waals surface area (Å²) in [5.41, 5.74) is 4.67. The lowest BCUT2D eigenvalue weighted by Gasteiger charge is -2.33. The van der Waals surface area contributed by atoms with Crippen LogP contribution in [0.3, 0.4) is 0 Å². The number of hydrogen-bond donors (Lipinski definition) is 2. The van der Waals surface area contributed by atoms with Gasteiger partial charge in [-0.15, -0.1) is 0 Å². The summed E-state index contributed by atoms with van der Waals surface area (Å²) in [6.45, 7) is 9.76. The van der Waals surface area contributed by atoms with Gasteiger partial charge >= 0.3 is 6.09 Å². The van der Waals surface area contributed by atoms with E-state index in [9.17, 15) is 14.4 Å². The van der Waals surface area contributed by atoms with E-state index < -0.39 is 23.6 Å². The van der Waals surface area contributed by atoms with E-state index in [1.165, 1.54) is 11.3 Å². The van der Waals surface area contributed by atoms with Crippen molar-refractivity contribution in [1.29, 1.82) is 0 Å². The maximum Gasteiger partial charge on any atom is 0.408 e. The highest BCUT2D eigenvalue weighted by Crippen LogP contribution is 2.16. The summed E-state index contributed by atoms with van der Waals surface area (Å²) < 4.78 is 5.04. The SMILES string of the molecule is CC(C)(C)OC(=O)NCC(=O)N1CCCC[C@H]1C(N)=O.CCC.[HH].[HH]. The molecule has 7 heteroatoms. The second kappa shape index (κ2) is 10.1. The van der Waals surface area contributed by atoms with Crippen molar-refractivity contribution in [2.75, 3.05) is 13.1 Å². The first-order valence-electron chi connectivity index (χ1n) is 8.18. The van der Waals surface area contributed by atoms with Crippen molar-refractivity contribution in [2.24, 2.45) is 5.73 Å². The molecule has 1 fully saturated rings. The Morgan fingerprint density at radius 2 is 1.83 bits per heavy atom. The number of ether oxygens (including phenoxy) is 1. The van der Waals surface area contributed by atoms with Crippen LogP contribution in [0.15, 0.2) is 0 Å². The number of rotatable bonds is 3. The van der Waals surface area contributed by atoms with Crippen molar-refractivity contribution in [2.45, 2.75) is 71.9 Å². The van der Waals surface area contributed by atoms with Crippen LogP contribution in [-0.2, 0) is 14.3 Å². The average Bonchev–Trinajstić information content (AvgIpc) is 2.43. The second-order valence-electron chi connectivity index (χ2n) is 6.56. The molecule has 1 heterocycles. The number of hydrogen-bond acceptors (Lipinski definition) is 4. The largest absolute Gasteiger partial charge is 0.444 e. The van der Waals surface area contributed by atoms with Crippen molar-refractivity contribution >= 4 is 17.9 Å². The minimum atomic E-state index is -0.654. The predicted molar refractivity (Wildman–Crippen MR) is 93.0 cm³/mol. The summed E-state index contributed by atoms with van der Waals surface area (Å²) in [5.74, 6) is -0.824. The number of primary amides is 1. The topological polar surface area (TPSA) is 102 Å². The molecule has 3 N–H and O–H groups in total. The number of alkyl carbamates (subject to hydrolysis) is 1. The highest BCUT2D eigenvalue weighted by molar-refractivity contribution is 5.88. The van der Waals surface area contributed by atoms with Gasteiger partial charge in [-0.3, -0.25) is 9.59 Å². The Kier molecular flexibility index (Phi) is 9.29. The van der Waals surface area contributed by atoms with Crippen LogP contribution in [0.4, 0.5) is 4.79 Å². The number of amides is 3. The lowest BCUT2D eigenvalue weighted by Crippen LogP contribution is -2.53. The number of nitrogens with two attached hydrogens (primary N) is 1. The number of carbonyl (C=O) groups excluding carboxylic acids is 3. The van der Waals surface area contributed by atoms with Crippen LogP contribution in [0.5, 0.6) is 0 Å². The second-order valence-corrected chi connectivity index (χ2v) is 6.56. The minimum Gasteiger partial charge on any atom is -0.444 e. The van der Waals surface area contributed by atoms with Crippen molar-refractivity contribution in [3.05, 3.63) is 0 Å². The maximum atomic E-state index is 12.0. The monoisotopic (exact) mass is 333 g/mol. The van der Waals surface area contributed by atoms with Crippen LogP contribution < -0.4 is 11.1 Å². The minimum absolute atomic E-state index is 0. The Bertz CT molecular complexity index is 415. The highest BCUT2D eigenvalue weighted by atomic mass is 16.6. The lowest BCUT2D eigenvalue weighted by atomic mass is 10.0. The van der Waals surface area contributed by atoms with E-state index >= 15 is 0 Å². The summed E-state index contributed by atoms with van der Waals surface area (Å²) in [6.07, 6.45) is 2.88. The molecule has 0 unspecified atom stereocenters. The lowest BCUT2D eigenvalue weighted by molar-refractivity contribution is -0.140. The van der Waals surface area contributed by atoms with Crippen molar-refractivity contribution < 1.29 is 22.0 Å². The quantitative estimate of drug-likeness (QED) is 0.827. The molecular formula is C16H35N3O4. The first-order chi connectivity index (χ1) is 10.6. The van der Waals surface area contributed by atoms with Crippen molar-refractivity contribution in [3.63, 3.8) is 0 Å². The Morgan fingerprint density at radius 3 is 2.30 bits per heavy atom. The third-order valence-corrected chi connectivity index (χ3v) is 2.93. The van der Waals surface area contributed by atoms with Gasteiger partial charge in [0.2, 0.25) is 11.8 Å². The van der Waals surface area contributed by atoms with E-state index in [0.29, 0.717) is 13.0 Å². The van der Waals surface area contributed by atoms with Crippen LogP contribution in [0, 0.1) is 0 Å². The first-order valence-corrected chi connectivity index (χ1v) is 8.18. The fourth-order valence-corrected chi connectivity index (χ4v) is 2.09. The molecule has 1 rings (SSSR count). The summed E-state index contributed by atoms with van der Waals surface area (Å²) in [4.78, 5) is 36.2. The van der Waals surface area contributed by atoms with E-state index in [1.54, 1.807) is 20.8 Å². The Labute approximate surface area is 141 Å². The summed E-state index contributed by atoms with van der Waals surface area (Å²) >= 11 is 0. The summed E-state index contributed by atoms with van der Waals surface area (Å²) in [6, 6.07) is -0.573. The van der Waals surface area contributed by atoms with Crippen molar-refractivity contribution in [1.82, 2.24) is 10.2 Å². The Morgan fingerprint density at radius 1 is 1.26 bits per heavy atom. The standard InChI is InChI=1S/C13H23N3O4.C3H8.2H2/c1-13(2,3)20-12(19)15-8-10(17)16-7-5-4-6-9(16)11(14)18;1-3-2;;/h9H,4-8H2,1-3H3,(H2,14,18)(H,15,19);3H2,1-2H3;2*1H/t9-;;;/m0.../s1. The normalized spacial score (nSPS) is 17.6. The zero-order chi connectivity index (χ0) is 18.0. The number of likely N-dealkylation sites (tertiary alicyclic amines) is 1. The van der Waals surface area contributed by atoms with Gasteiger partial charge in [-0.2, -0.15) is 0 Å². The fraction of sp³-hybridized carbons (Fsp3) is 0.812. The Balaban J connectivity index is -0.000000900. The third-order valence-electron chi connectivity index (χ3n) is 2.93. The highest BCUT2D eigenvalue weighted by Gasteiger charge is 2.30. The molecule has 1 atom stereocenters. The molecule has 1 aliphatic rings. The van der Waals surface area contributed by atoms with Crippen LogP contribution in [-0.4, -0.2) is 47.5 Å². The molecule has 138 valence electrons. The number of carbonyl (C=O) groups is 3. The van der Waals surface area contributed by atoms with Gasteiger partial charge in [0.05, 0.1) is 0 Å². The smallest absolute Gasteiger partial charge is 0.408 e. The molecule has 1 saturated heterocycles. The van der Waals surface area contributed by atoms with Gasteiger partial charge in [-0.1, -0.05) is 20.3 Å². The van der Waals surface area contributed by atoms with E-state index in [2.05, 4.69) is 19.2 Å². The van der Waals surface area contributed by atoms with Gasteiger partial charge in [-0.25, -0.2) is 4.79 Å². The average molecular weight is 333 g/mol. The zero-order valence-corrected chi connectivity index (χ0v) is 15.0. The Hall–Kier alpha value is -1.79. The van der Waals surface area contributed by atoms with Gasteiger partial charge < -0.3 is 20.7 Å². The van der Waals surface area contributed by atoms with Crippen molar-refractivity contribution in [3.8, 4) is 0 Å². The van der Waals surface area contributed by atoms with Crippen LogP contribution >= 0.6 is 0 Å². The number of nitrogens with one attached hydrogen (secondary N) is 1. The number of nitrogens with zero attached hydrogens (tertiary/aromatic N) is 1. The van der Waals surface area contributed by atoms with Crippen LogP contribution in [0.25, 0.3) is 0 Å². The molecule has 0 radical (unpaired) electrons. The van der Waals surface area contributed by atoms with Gasteiger partial charge in [0.1, 0.15) is 18.2 Å². The van der Waals surface area contributed by atoms with Gasteiger partial charge in [0.25, 0.3) is 0 Å². The molecule has 0 aromatic carbocycles. The van der Waals surface area contributed by atoms with Gasteiger partial charge in [0, 0.05) is 9.40 Å². The van der Waals surface area contributed by atoms with Crippen LogP contribution in [0.2, 0.25) is 0 Å². The number of piperidine rings is 1. The van der Waals surface area contributed by atoms with E-state index in [0.717, 1.165) is 12.8 Å². The third kappa shape index (κ3) is 9.05. The maximum absolute atomic E-state index is 12.0. The van der Waals surface area contributed by atoms with E-state index in [-0.39, 0.29) is 15.3 Å². The van der Waals surface area contributed by atoms with E-state index in [4.69, 9.17) is 10.5 Å². The molecule has 0 saturated carbocycles. The molecule has 0 aromatic rings. The molecule has 0 bridgehead atoms. The molecule has 7 nitrogen and oxygen atoms in total. The fourth-order valence-electron chi connectivity index (χ4n) is 2.09. The predicted octanol–water partition coefficient (Wildman–Crippen LogP) is 2.29. The van der Waals surface area contributed by atoms with E-state index in [1.807, 2.05) is 0 Å². The first kappa shape index (κ1) is 21.2. The van der Waals surface area contributed by atoms with Gasteiger partial charge in [0.15, 0.2) is 0 Å². The van der Waals surface area contributed by atoms with Gasteiger partial charge in [-0.05, 0) is 40.0 Å². The molecule has 23 heavy (non-hydrogen) atoms. The molecular weight excluding hydrogens is 298 g/mol. The molecule has 0 aromatic heterocycles. The summed E-state index contributed by atoms with van der Waals surface area (Å²) in [5, 5.41) is 2.39.